The molecule has 0 aromatic heterocycles. The van der Waals surface area contributed by atoms with E-state index < -0.39 is 16.1 Å². The van der Waals surface area contributed by atoms with Gasteiger partial charge in [-0.3, -0.25) is 4.79 Å². The van der Waals surface area contributed by atoms with Crippen molar-refractivity contribution in [3.05, 3.63) is 18.2 Å². The molecule has 0 radical (unpaired) electrons. The van der Waals surface area contributed by atoms with Gasteiger partial charge in [-0.05, 0) is 38.0 Å². The lowest BCUT2D eigenvalue weighted by Gasteiger charge is -2.23. The van der Waals surface area contributed by atoms with Gasteiger partial charge in [0.2, 0.25) is 10.0 Å². The number of hydrogen-bond donors (Lipinski definition) is 2. The quantitative estimate of drug-likeness (QED) is 0.691. The number of carbonyl (C=O) groups is 1. The summed E-state index contributed by atoms with van der Waals surface area (Å²) < 4.78 is 43.4. The van der Waals surface area contributed by atoms with Gasteiger partial charge in [-0.2, -0.15) is 0 Å². The highest BCUT2D eigenvalue weighted by Crippen LogP contribution is 2.31. The topological polar surface area (TPSA) is 103 Å². The van der Waals surface area contributed by atoms with Crippen LogP contribution in [-0.2, 0) is 24.3 Å². The number of sulfonamides is 1. The average molecular weight is 370 g/mol. The van der Waals surface area contributed by atoms with E-state index in [2.05, 4.69) is 10.0 Å². The summed E-state index contributed by atoms with van der Waals surface area (Å²) in [6, 6.07) is 4.36. The van der Waals surface area contributed by atoms with Crippen LogP contribution in [0.2, 0.25) is 0 Å². The molecular formula is C16H22N2O6S. The van der Waals surface area contributed by atoms with Crippen molar-refractivity contribution in [1.29, 1.82) is 0 Å². The monoisotopic (exact) mass is 370 g/mol. The van der Waals surface area contributed by atoms with Crippen molar-refractivity contribution in [1.82, 2.24) is 4.72 Å². The zero-order valence-electron chi connectivity index (χ0n) is 14.0. The molecule has 1 aromatic rings. The Kier molecular flexibility index (Phi) is 5.57. The molecule has 9 heteroatoms. The summed E-state index contributed by atoms with van der Waals surface area (Å²) in [6.07, 6.45) is 1.53. The molecule has 0 saturated carbocycles. The van der Waals surface area contributed by atoms with Crippen LogP contribution < -0.4 is 14.8 Å². The summed E-state index contributed by atoms with van der Waals surface area (Å²) in [7, 11) is -3.69. The van der Waals surface area contributed by atoms with Gasteiger partial charge in [0.15, 0.2) is 6.10 Å². The number of nitrogens with one attached hydrogen (secondary N) is 2. The maximum atomic E-state index is 12.3. The zero-order valence-corrected chi connectivity index (χ0v) is 14.8. The first-order valence-electron chi connectivity index (χ1n) is 8.26. The minimum Gasteiger partial charge on any atom is -0.479 e. The first-order valence-corrected chi connectivity index (χ1v) is 9.74. The van der Waals surface area contributed by atoms with Gasteiger partial charge >= 0.3 is 0 Å². The molecule has 0 aliphatic carbocycles. The van der Waals surface area contributed by atoms with Crippen molar-refractivity contribution in [2.75, 3.05) is 31.7 Å². The third-order valence-corrected chi connectivity index (χ3v) is 5.52. The molecule has 1 fully saturated rings. The van der Waals surface area contributed by atoms with Crippen LogP contribution in [0.3, 0.4) is 0 Å². The SMILES string of the molecule is CC1Oc2ccc(S(=O)(=O)NCCOCC3CCCO3)cc2NC1=O. The molecule has 1 aromatic carbocycles. The van der Waals surface area contributed by atoms with Crippen LogP contribution >= 0.6 is 0 Å². The van der Waals surface area contributed by atoms with Gasteiger partial charge in [0.25, 0.3) is 5.91 Å². The summed E-state index contributed by atoms with van der Waals surface area (Å²) >= 11 is 0. The average Bonchev–Trinajstić information content (AvgIpc) is 3.08. The van der Waals surface area contributed by atoms with Crippen molar-refractivity contribution < 1.29 is 27.4 Å². The van der Waals surface area contributed by atoms with E-state index in [0.717, 1.165) is 19.4 Å². The highest BCUT2D eigenvalue weighted by Gasteiger charge is 2.25. The predicted octanol–water partition coefficient (Wildman–Crippen LogP) is 0.880. The van der Waals surface area contributed by atoms with Crippen LogP contribution in [0, 0.1) is 0 Å². The summed E-state index contributed by atoms with van der Waals surface area (Å²) in [5, 5.41) is 2.64. The minimum atomic E-state index is -3.69. The molecule has 138 valence electrons. The van der Waals surface area contributed by atoms with E-state index in [9.17, 15) is 13.2 Å². The molecule has 8 nitrogen and oxygen atoms in total. The molecule has 2 aliphatic rings. The largest absolute Gasteiger partial charge is 0.479 e. The molecule has 2 atom stereocenters. The number of hydrogen-bond acceptors (Lipinski definition) is 6. The normalized spacial score (nSPS) is 23.0. The van der Waals surface area contributed by atoms with Gasteiger partial charge in [-0.25, -0.2) is 13.1 Å². The maximum Gasteiger partial charge on any atom is 0.265 e. The first kappa shape index (κ1) is 18.1. The van der Waals surface area contributed by atoms with E-state index >= 15 is 0 Å². The van der Waals surface area contributed by atoms with E-state index in [1.165, 1.54) is 18.2 Å². The molecule has 1 saturated heterocycles. The van der Waals surface area contributed by atoms with Gasteiger partial charge in [0, 0.05) is 13.2 Å². The van der Waals surface area contributed by atoms with Crippen LogP contribution in [-0.4, -0.2) is 52.9 Å². The fraction of sp³-hybridized carbons (Fsp3) is 0.562. The Morgan fingerprint density at radius 3 is 3.00 bits per heavy atom. The van der Waals surface area contributed by atoms with Gasteiger partial charge in [0.1, 0.15) is 5.75 Å². The lowest BCUT2D eigenvalue weighted by Crippen LogP contribution is -2.34. The number of amides is 1. The lowest BCUT2D eigenvalue weighted by atomic mass is 10.2. The Labute approximate surface area is 146 Å². The van der Waals surface area contributed by atoms with Gasteiger partial charge in [-0.1, -0.05) is 0 Å². The van der Waals surface area contributed by atoms with Gasteiger partial charge in [-0.15, -0.1) is 0 Å². The highest BCUT2D eigenvalue weighted by atomic mass is 32.2. The molecule has 2 heterocycles. The Balaban J connectivity index is 1.53. The fourth-order valence-electron chi connectivity index (χ4n) is 2.68. The summed E-state index contributed by atoms with van der Waals surface area (Å²) in [4.78, 5) is 11.7. The molecule has 2 N–H and O–H groups in total. The molecular weight excluding hydrogens is 348 g/mol. The number of ether oxygens (including phenoxy) is 3. The molecule has 25 heavy (non-hydrogen) atoms. The summed E-state index contributed by atoms with van der Waals surface area (Å²) in [6.45, 7) is 3.29. The number of benzene rings is 1. The Morgan fingerprint density at radius 2 is 2.24 bits per heavy atom. The summed E-state index contributed by atoms with van der Waals surface area (Å²) in [5.74, 6) is 0.142. The standard InChI is InChI=1S/C16H22N2O6S/c1-11-16(19)18-14-9-13(4-5-15(14)24-11)25(20,21)17-6-8-22-10-12-3-2-7-23-12/h4-5,9,11-12,17H,2-3,6-8,10H2,1H3,(H,18,19). The van der Waals surface area contributed by atoms with Crippen molar-refractivity contribution in [3.63, 3.8) is 0 Å². The van der Waals surface area contributed by atoms with Crippen LogP contribution in [0.25, 0.3) is 0 Å². The molecule has 3 rings (SSSR count). The number of anilines is 1. The second kappa shape index (κ2) is 7.69. The molecule has 0 bridgehead atoms. The number of carbonyl (C=O) groups excluding carboxylic acids is 1. The Morgan fingerprint density at radius 1 is 1.40 bits per heavy atom. The van der Waals surface area contributed by atoms with E-state index in [0.29, 0.717) is 18.0 Å². The van der Waals surface area contributed by atoms with E-state index in [4.69, 9.17) is 14.2 Å². The highest BCUT2D eigenvalue weighted by molar-refractivity contribution is 7.89. The first-order chi connectivity index (χ1) is 12.0. The van der Waals surface area contributed by atoms with Crippen LogP contribution in [0.5, 0.6) is 5.75 Å². The maximum absolute atomic E-state index is 12.3. The van der Waals surface area contributed by atoms with Crippen molar-refractivity contribution >= 4 is 21.6 Å². The van der Waals surface area contributed by atoms with E-state index in [1.54, 1.807) is 6.92 Å². The molecule has 2 aliphatic heterocycles. The predicted molar refractivity (Wildman–Crippen MR) is 90.1 cm³/mol. The Hall–Kier alpha value is -1.68. The molecule has 2 unspecified atom stereocenters. The number of rotatable bonds is 7. The van der Waals surface area contributed by atoms with Crippen molar-refractivity contribution in [2.45, 2.75) is 36.9 Å². The summed E-state index contributed by atoms with van der Waals surface area (Å²) in [5.41, 5.74) is 0.348. The fourth-order valence-corrected chi connectivity index (χ4v) is 3.72. The minimum absolute atomic E-state index is 0.0591. The van der Waals surface area contributed by atoms with Gasteiger partial charge in [0.05, 0.1) is 29.9 Å². The van der Waals surface area contributed by atoms with Crippen LogP contribution in [0.15, 0.2) is 23.1 Å². The molecule has 1 amide bonds. The lowest BCUT2D eigenvalue weighted by molar-refractivity contribution is -0.122. The van der Waals surface area contributed by atoms with Crippen molar-refractivity contribution in [2.24, 2.45) is 0 Å². The van der Waals surface area contributed by atoms with Crippen LogP contribution in [0.4, 0.5) is 5.69 Å². The van der Waals surface area contributed by atoms with Crippen molar-refractivity contribution in [3.8, 4) is 5.75 Å². The smallest absolute Gasteiger partial charge is 0.265 e. The third kappa shape index (κ3) is 4.49. The molecule has 0 spiro atoms. The number of fused-ring (bicyclic) bond motifs is 1. The van der Waals surface area contributed by atoms with Gasteiger partial charge < -0.3 is 19.5 Å². The Bertz CT molecular complexity index is 730. The van der Waals surface area contributed by atoms with E-state index in [1.807, 2.05) is 0 Å². The second-order valence-electron chi connectivity index (χ2n) is 6.02. The second-order valence-corrected chi connectivity index (χ2v) is 7.78. The zero-order chi connectivity index (χ0) is 17.9. The third-order valence-electron chi connectivity index (χ3n) is 4.06. The van der Waals surface area contributed by atoms with Crippen LogP contribution in [0.1, 0.15) is 19.8 Å². The van der Waals surface area contributed by atoms with E-state index in [-0.39, 0.29) is 30.1 Å².